The average Bonchev–Trinajstić information content (AvgIpc) is 2.33. The van der Waals surface area contributed by atoms with Gasteiger partial charge in [-0.25, -0.2) is 0 Å². The van der Waals surface area contributed by atoms with Crippen molar-refractivity contribution >= 4 is 65.1 Å². The number of hydrogen-bond donors (Lipinski definition) is 2. The molecule has 0 spiro atoms. The van der Waals surface area contributed by atoms with Crippen molar-refractivity contribution in [2.75, 3.05) is 5.32 Å². The van der Waals surface area contributed by atoms with E-state index in [1.807, 2.05) is 24.3 Å². The molecule has 6 heteroatoms. The Hall–Kier alpha value is -0.230. The van der Waals surface area contributed by atoms with Gasteiger partial charge in [-0.2, -0.15) is 0 Å². The third kappa shape index (κ3) is 3.66. The third-order valence-corrected chi connectivity index (χ3v) is 4.55. The molecule has 0 aliphatic heterocycles. The van der Waals surface area contributed by atoms with Crippen molar-refractivity contribution in [3.8, 4) is 5.75 Å². The van der Waals surface area contributed by atoms with E-state index in [0.717, 1.165) is 24.7 Å². The van der Waals surface area contributed by atoms with Crippen LogP contribution < -0.4 is 5.32 Å². The van der Waals surface area contributed by atoms with Crippen molar-refractivity contribution in [2.24, 2.45) is 0 Å². The molecule has 0 saturated carbocycles. The van der Waals surface area contributed by atoms with E-state index >= 15 is 0 Å². The number of benzene rings is 2. The number of phenols is 1. The molecule has 100 valence electrons. The molecule has 0 fully saturated rings. The number of phenolic OH excluding ortho intramolecular Hbond substituents is 1. The van der Waals surface area contributed by atoms with E-state index in [4.69, 9.17) is 11.6 Å². The number of nitrogens with one attached hydrogen (secondary N) is 1. The maximum Gasteiger partial charge on any atom is 0.139 e. The zero-order chi connectivity index (χ0) is 14.0. The van der Waals surface area contributed by atoms with E-state index in [9.17, 15) is 5.11 Å². The topological polar surface area (TPSA) is 32.3 Å². The van der Waals surface area contributed by atoms with Crippen LogP contribution in [0.1, 0.15) is 5.56 Å². The SMILES string of the molecule is Oc1c(Cl)cccc1CNc1c(Br)cc(Br)cc1Br. The summed E-state index contributed by atoms with van der Waals surface area (Å²) in [5.74, 6) is 0.112. The molecule has 19 heavy (non-hydrogen) atoms. The summed E-state index contributed by atoms with van der Waals surface area (Å²) in [5.41, 5.74) is 1.66. The van der Waals surface area contributed by atoms with Crippen LogP contribution in [0.25, 0.3) is 0 Å². The summed E-state index contributed by atoms with van der Waals surface area (Å²) in [6.07, 6.45) is 0. The van der Waals surface area contributed by atoms with Crippen LogP contribution in [0.15, 0.2) is 43.7 Å². The van der Waals surface area contributed by atoms with Crippen LogP contribution in [0, 0.1) is 0 Å². The molecule has 0 atom stereocenters. The lowest BCUT2D eigenvalue weighted by molar-refractivity contribution is 0.469. The minimum atomic E-state index is 0.112. The van der Waals surface area contributed by atoms with E-state index < -0.39 is 0 Å². The van der Waals surface area contributed by atoms with Gasteiger partial charge in [-0.05, 0) is 50.1 Å². The fourth-order valence-electron chi connectivity index (χ4n) is 1.60. The molecule has 0 saturated heterocycles. The fraction of sp³-hybridized carbons (Fsp3) is 0.0769. The molecule has 2 aromatic carbocycles. The highest BCUT2D eigenvalue weighted by atomic mass is 79.9. The molecule has 2 nitrogen and oxygen atoms in total. The first-order chi connectivity index (χ1) is 8.99. The van der Waals surface area contributed by atoms with Crippen molar-refractivity contribution in [3.05, 3.63) is 54.3 Å². The van der Waals surface area contributed by atoms with E-state index in [0.29, 0.717) is 11.6 Å². The highest BCUT2D eigenvalue weighted by Gasteiger charge is 2.09. The molecular formula is C13H9Br3ClNO. The van der Waals surface area contributed by atoms with Gasteiger partial charge in [-0.1, -0.05) is 39.7 Å². The Morgan fingerprint density at radius 2 is 1.74 bits per heavy atom. The quantitative estimate of drug-likeness (QED) is 0.582. The summed E-state index contributed by atoms with van der Waals surface area (Å²) in [4.78, 5) is 0. The van der Waals surface area contributed by atoms with Crippen LogP contribution in [0.2, 0.25) is 5.02 Å². The zero-order valence-corrected chi connectivity index (χ0v) is 15.1. The summed E-state index contributed by atoms with van der Waals surface area (Å²) >= 11 is 16.3. The van der Waals surface area contributed by atoms with Gasteiger partial charge in [-0.3, -0.25) is 0 Å². The Balaban J connectivity index is 2.22. The highest BCUT2D eigenvalue weighted by molar-refractivity contribution is 9.11. The summed E-state index contributed by atoms with van der Waals surface area (Å²) in [5, 5.41) is 13.5. The first kappa shape index (κ1) is 15.2. The molecule has 0 bridgehead atoms. The van der Waals surface area contributed by atoms with Gasteiger partial charge in [0.15, 0.2) is 0 Å². The van der Waals surface area contributed by atoms with Crippen molar-refractivity contribution in [3.63, 3.8) is 0 Å². The predicted molar refractivity (Wildman–Crippen MR) is 90.0 cm³/mol. The third-order valence-electron chi connectivity index (χ3n) is 2.53. The summed E-state index contributed by atoms with van der Waals surface area (Å²) in [6.45, 7) is 0.477. The maximum atomic E-state index is 9.86. The Bertz CT molecular complexity index is 596. The molecule has 0 aromatic heterocycles. The van der Waals surface area contributed by atoms with Crippen LogP contribution in [-0.2, 0) is 6.54 Å². The van der Waals surface area contributed by atoms with Crippen LogP contribution in [0.5, 0.6) is 5.75 Å². The molecule has 0 amide bonds. The summed E-state index contributed by atoms with van der Waals surface area (Å²) in [6, 6.07) is 9.20. The van der Waals surface area contributed by atoms with Crippen LogP contribution in [-0.4, -0.2) is 5.11 Å². The normalized spacial score (nSPS) is 10.5. The molecule has 2 rings (SSSR count). The second-order valence-corrected chi connectivity index (χ2v) is 6.88. The van der Waals surface area contributed by atoms with Crippen LogP contribution in [0.3, 0.4) is 0 Å². The Kier molecular flexibility index (Phi) is 5.17. The monoisotopic (exact) mass is 467 g/mol. The van der Waals surface area contributed by atoms with Gasteiger partial charge in [0, 0.05) is 25.5 Å². The van der Waals surface area contributed by atoms with Crippen molar-refractivity contribution < 1.29 is 5.11 Å². The molecular weight excluding hydrogens is 461 g/mol. The number of anilines is 1. The Morgan fingerprint density at radius 3 is 2.37 bits per heavy atom. The van der Waals surface area contributed by atoms with E-state index in [1.54, 1.807) is 6.07 Å². The fourth-order valence-corrected chi connectivity index (χ4v) is 4.33. The second kappa shape index (κ2) is 6.48. The van der Waals surface area contributed by atoms with Gasteiger partial charge < -0.3 is 10.4 Å². The van der Waals surface area contributed by atoms with Gasteiger partial charge in [0.1, 0.15) is 5.75 Å². The molecule has 0 unspecified atom stereocenters. The summed E-state index contributed by atoms with van der Waals surface area (Å²) < 4.78 is 2.83. The van der Waals surface area contributed by atoms with Crippen molar-refractivity contribution in [1.82, 2.24) is 0 Å². The number of aromatic hydroxyl groups is 1. The van der Waals surface area contributed by atoms with Crippen molar-refractivity contribution in [2.45, 2.75) is 6.54 Å². The van der Waals surface area contributed by atoms with Gasteiger partial charge >= 0.3 is 0 Å². The standard InChI is InChI=1S/C13H9Br3ClNO/c14-8-4-9(15)12(10(16)5-8)18-6-7-2-1-3-11(17)13(7)19/h1-5,18-19H,6H2. The number of halogens is 4. The number of hydrogen-bond acceptors (Lipinski definition) is 2. The lowest BCUT2D eigenvalue weighted by atomic mass is 10.2. The molecule has 2 N–H and O–H groups in total. The van der Waals surface area contributed by atoms with Crippen LogP contribution >= 0.6 is 59.4 Å². The first-order valence-corrected chi connectivity index (χ1v) is 8.09. The highest BCUT2D eigenvalue weighted by Crippen LogP contribution is 2.35. The molecule has 0 heterocycles. The minimum absolute atomic E-state index is 0.112. The molecule has 2 aromatic rings. The van der Waals surface area contributed by atoms with E-state index in [1.165, 1.54) is 0 Å². The Morgan fingerprint density at radius 1 is 1.11 bits per heavy atom. The first-order valence-electron chi connectivity index (χ1n) is 5.34. The van der Waals surface area contributed by atoms with Gasteiger partial charge in [-0.15, -0.1) is 0 Å². The van der Waals surface area contributed by atoms with E-state index in [2.05, 4.69) is 53.1 Å². The predicted octanol–water partition coefficient (Wildman–Crippen LogP) is 5.95. The van der Waals surface area contributed by atoms with Gasteiger partial charge in [0.25, 0.3) is 0 Å². The lowest BCUT2D eigenvalue weighted by Crippen LogP contribution is -2.01. The summed E-state index contributed by atoms with van der Waals surface area (Å²) in [7, 11) is 0. The molecule has 0 aliphatic carbocycles. The van der Waals surface area contributed by atoms with E-state index in [-0.39, 0.29) is 5.75 Å². The number of rotatable bonds is 3. The van der Waals surface area contributed by atoms with Crippen LogP contribution in [0.4, 0.5) is 5.69 Å². The number of para-hydroxylation sites is 1. The minimum Gasteiger partial charge on any atom is -0.506 e. The average molecular weight is 470 g/mol. The maximum absolute atomic E-state index is 9.86. The van der Waals surface area contributed by atoms with Gasteiger partial charge in [0.2, 0.25) is 0 Å². The van der Waals surface area contributed by atoms with Gasteiger partial charge in [0.05, 0.1) is 10.7 Å². The lowest BCUT2D eigenvalue weighted by Gasteiger charge is -2.12. The zero-order valence-electron chi connectivity index (χ0n) is 9.55. The molecule has 0 aliphatic rings. The van der Waals surface area contributed by atoms with Crippen molar-refractivity contribution in [1.29, 1.82) is 0 Å². The largest absolute Gasteiger partial charge is 0.506 e. The Labute approximate surface area is 141 Å². The smallest absolute Gasteiger partial charge is 0.139 e. The molecule has 0 radical (unpaired) electrons. The second-order valence-electron chi connectivity index (χ2n) is 3.85.